The van der Waals surface area contributed by atoms with Crippen LogP contribution in [0.3, 0.4) is 0 Å². The first-order valence-corrected chi connectivity index (χ1v) is 12.9. The van der Waals surface area contributed by atoms with E-state index in [9.17, 15) is 18.0 Å². The maximum Gasteiger partial charge on any atom is 0.416 e. The van der Waals surface area contributed by atoms with Crippen molar-refractivity contribution in [2.75, 3.05) is 54.5 Å². The highest BCUT2D eigenvalue weighted by Gasteiger charge is 2.32. The van der Waals surface area contributed by atoms with Gasteiger partial charge >= 0.3 is 6.18 Å². The zero-order chi connectivity index (χ0) is 29.2. The Labute approximate surface area is 231 Å². The van der Waals surface area contributed by atoms with E-state index in [0.29, 0.717) is 35.7 Å². The van der Waals surface area contributed by atoms with E-state index in [1.54, 1.807) is 30.9 Å². The van der Waals surface area contributed by atoms with Crippen LogP contribution in [0.25, 0.3) is 0 Å². The summed E-state index contributed by atoms with van der Waals surface area (Å²) in [6, 6.07) is 5.12. The molecule has 0 radical (unpaired) electrons. The van der Waals surface area contributed by atoms with Crippen molar-refractivity contribution >= 4 is 28.7 Å². The SMILES string of the molecule is CCN1CCN(c2cc(NC(=O)c3cnc(C)c(N(N)CC(=N)c4cnn(C)c4C)c3)cc(C(F)(F)F)c2)CC1. The minimum Gasteiger partial charge on any atom is -0.369 e. The Kier molecular flexibility index (Phi) is 8.45. The molecule has 0 saturated carbocycles. The number of likely N-dealkylation sites (N-methyl/N-ethyl adjacent to an activating group) is 1. The van der Waals surface area contributed by atoms with Crippen molar-refractivity contribution in [2.45, 2.75) is 26.9 Å². The van der Waals surface area contributed by atoms with Crippen molar-refractivity contribution in [1.82, 2.24) is 19.7 Å². The number of nitrogens with one attached hydrogen (secondary N) is 2. The van der Waals surface area contributed by atoms with E-state index >= 15 is 0 Å². The number of pyridine rings is 1. The van der Waals surface area contributed by atoms with Crippen molar-refractivity contribution in [3.8, 4) is 0 Å². The number of carbonyl (C=O) groups excluding carboxylic acids is 1. The molecule has 1 aliphatic heterocycles. The van der Waals surface area contributed by atoms with Crippen LogP contribution in [0.15, 0.2) is 36.7 Å². The molecule has 0 spiro atoms. The first-order chi connectivity index (χ1) is 18.9. The smallest absolute Gasteiger partial charge is 0.369 e. The number of amides is 1. The van der Waals surface area contributed by atoms with Gasteiger partial charge in [-0.1, -0.05) is 6.92 Å². The van der Waals surface area contributed by atoms with Crippen molar-refractivity contribution in [1.29, 1.82) is 5.41 Å². The second kappa shape index (κ2) is 11.6. The largest absolute Gasteiger partial charge is 0.416 e. The third-order valence-electron chi connectivity index (χ3n) is 7.21. The predicted octanol–water partition coefficient (Wildman–Crippen LogP) is 3.59. The molecule has 40 heavy (non-hydrogen) atoms. The van der Waals surface area contributed by atoms with Crippen molar-refractivity contribution < 1.29 is 18.0 Å². The van der Waals surface area contributed by atoms with Crippen LogP contribution < -0.4 is 21.1 Å². The highest BCUT2D eigenvalue weighted by molar-refractivity contribution is 6.05. The number of carbonyl (C=O) groups is 1. The van der Waals surface area contributed by atoms with Crippen LogP contribution >= 0.6 is 0 Å². The number of aryl methyl sites for hydroxylation is 2. The lowest BCUT2D eigenvalue weighted by atomic mass is 10.1. The summed E-state index contributed by atoms with van der Waals surface area (Å²) in [6.07, 6.45) is -1.64. The second-order valence-electron chi connectivity index (χ2n) is 9.84. The van der Waals surface area contributed by atoms with Crippen LogP contribution in [0.2, 0.25) is 0 Å². The number of hydrogen-bond donors (Lipinski definition) is 3. The molecule has 10 nitrogen and oxygen atoms in total. The Morgan fingerprint density at radius 1 is 1.12 bits per heavy atom. The van der Waals surface area contributed by atoms with E-state index in [0.717, 1.165) is 37.5 Å². The number of aromatic nitrogens is 3. The average Bonchev–Trinajstić information content (AvgIpc) is 3.26. The monoisotopic (exact) mass is 557 g/mol. The quantitative estimate of drug-likeness (QED) is 0.220. The van der Waals surface area contributed by atoms with E-state index in [-0.39, 0.29) is 23.5 Å². The van der Waals surface area contributed by atoms with Crippen LogP contribution in [0.4, 0.5) is 30.2 Å². The van der Waals surface area contributed by atoms with E-state index in [2.05, 4.69) is 27.2 Å². The van der Waals surface area contributed by atoms with Crippen LogP contribution in [-0.4, -0.2) is 70.6 Å². The fraction of sp³-hybridized carbons (Fsp3) is 0.407. The summed E-state index contributed by atoms with van der Waals surface area (Å²) in [7, 11) is 1.78. The van der Waals surface area contributed by atoms with Gasteiger partial charge in [0.2, 0.25) is 0 Å². The molecule has 0 atom stereocenters. The summed E-state index contributed by atoms with van der Waals surface area (Å²) in [5.41, 5.74) is 2.37. The van der Waals surface area contributed by atoms with Crippen molar-refractivity contribution in [3.63, 3.8) is 0 Å². The molecular formula is C27H34F3N9O. The van der Waals surface area contributed by atoms with Crippen LogP contribution in [-0.2, 0) is 13.2 Å². The van der Waals surface area contributed by atoms with E-state index in [4.69, 9.17) is 11.3 Å². The van der Waals surface area contributed by atoms with Crippen LogP contribution in [0.5, 0.6) is 0 Å². The maximum absolute atomic E-state index is 13.7. The van der Waals surface area contributed by atoms with Gasteiger partial charge in [0.25, 0.3) is 5.91 Å². The molecule has 4 N–H and O–H groups in total. The van der Waals surface area contributed by atoms with Gasteiger partial charge in [0.15, 0.2) is 0 Å². The number of benzene rings is 1. The lowest BCUT2D eigenvalue weighted by Crippen LogP contribution is -2.46. The van der Waals surface area contributed by atoms with Gasteiger partial charge in [-0.3, -0.25) is 14.5 Å². The number of nitrogens with two attached hydrogens (primary N) is 1. The summed E-state index contributed by atoms with van der Waals surface area (Å²) < 4.78 is 42.9. The lowest BCUT2D eigenvalue weighted by Gasteiger charge is -2.36. The third kappa shape index (κ3) is 6.42. The van der Waals surface area contributed by atoms with Crippen molar-refractivity contribution in [3.05, 3.63) is 64.7 Å². The number of piperazine rings is 1. The Bertz CT molecular complexity index is 1390. The molecule has 1 aliphatic rings. The molecule has 4 rings (SSSR count). The Morgan fingerprint density at radius 2 is 1.82 bits per heavy atom. The van der Waals surface area contributed by atoms with Gasteiger partial charge in [0, 0.05) is 62.1 Å². The Balaban J connectivity index is 1.54. The van der Waals surface area contributed by atoms with Gasteiger partial charge in [-0.05, 0) is 44.7 Å². The minimum atomic E-state index is -4.57. The molecule has 0 unspecified atom stereocenters. The first-order valence-electron chi connectivity index (χ1n) is 12.9. The van der Waals surface area contributed by atoms with Crippen LogP contribution in [0, 0.1) is 19.3 Å². The number of rotatable bonds is 8. The van der Waals surface area contributed by atoms with Gasteiger partial charge in [-0.15, -0.1) is 0 Å². The number of halogens is 3. The molecule has 2 aromatic heterocycles. The number of hydrogen-bond acceptors (Lipinski definition) is 8. The summed E-state index contributed by atoms with van der Waals surface area (Å²) >= 11 is 0. The summed E-state index contributed by atoms with van der Waals surface area (Å²) in [4.78, 5) is 21.5. The van der Waals surface area contributed by atoms with E-state index in [1.165, 1.54) is 17.3 Å². The van der Waals surface area contributed by atoms with Gasteiger partial charge < -0.3 is 25.5 Å². The standard InChI is InChI=1S/C27H34F3N9O/c1-5-37-6-8-38(9-7-37)22-12-20(27(28,29)30)11-21(13-22)35-26(40)19-10-25(17(2)33-14-19)39(32)16-24(31)23-15-34-36(4)18(23)3/h10-15,31H,5-9,16,32H2,1-4H3,(H,35,40). The molecule has 1 saturated heterocycles. The molecule has 0 aliphatic carbocycles. The van der Waals surface area contributed by atoms with Gasteiger partial charge in [0.1, 0.15) is 0 Å². The Hall–Kier alpha value is -3.97. The minimum absolute atomic E-state index is 0.0302. The number of nitrogens with zero attached hydrogens (tertiary/aromatic N) is 6. The van der Waals surface area contributed by atoms with Gasteiger partial charge in [0.05, 0.1) is 41.0 Å². The van der Waals surface area contributed by atoms with Crippen LogP contribution in [0.1, 0.15) is 39.8 Å². The molecule has 3 heterocycles. The normalized spacial score (nSPS) is 14.3. The lowest BCUT2D eigenvalue weighted by molar-refractivity contribution is -0.137. The number of hydrazine groups is 1. The van der Waals surface area contributed by atoms with Gasteiger partial charge in [-0.25, -0.2) is 5.84 Å². The number of anilines is 3. The highest BCUT2D eigenvalue weighted by atomic mass is 19.4. The fourth-order valence-corrected chi connectivity index (χ4v) is 4.63. The van der Waals surface area contributed by atoms with Crippen molar-refractivity contribution in [2.24, 2.45) is 12.9 Å². The molecule has 3 aromatic rings. The summed E-state index contributed by atoms with van der Waals surface area (Å²) in [5.74, 6) is 5.64. The first kappa shape index (κ1) is 29.0. The van der Waals surface area contributed by atoms with E-state index < -0.39 is 17.6 Å². The summed E-state index contributed by atoms with van der Waals surface area (Å²) in [5, 5.41) is 16.5. The third-order valence-corrected chi connectivity index (χ3v) is 7.21. The van der Waals surface area contributed by atoms with E-state index in [1.807, 2.05) is 11.8 Å². The molecule has 0 bridgehead atoms. The molecule has 1 fully saturated rings. The highest BCUT2D eigenvalue weighted by Crippen LogP contribution is 2.35. The second-order valence-corrected chi connectivity index (χ2v) is 9.84. The molecular weight excluding hydrogens is 523 g/mol. The zero-order valence-corrected chi connectivity index (χ0v) is 23.0. The predicted molar refractivity (Wildman–Crippen MR) is 149 cm³/mol. The summed E-state index contributed by atoms with van der Waals surface area (Å²) in [6.45, 7) is 9.21. The Morgan fingerprint density at radius 3 is 2.42 bits per heavy atom. The molecule has 214 valence electrons. The zero-order valence-electron chi connectivity index (χ0n) is 23.0. The topological polar surface area (TPSA) is 119 Å². The van der Waals surface area contributed by atoms with Gasteiger partial charge in [-0.2, -0.15) is 18.3 Å². The molecule has 1 amide bonds. The average molecular weight is 558 g/mol. The molecule has 1 aromatic carbocycles. The fourth-order valence-electron chi connectivity index (χ4n) is 4.63. The molecule has 13 heteroatoms. The maximum atomic E-state index is 13.7. The number of alkyl halides is 3.